The first-order chi connectivity index (χ1) is 21.1. The molecule has 4 aliphatic rings. The summed E-state index contributed by atoms with van der Waals surface area (Å²) >= 11 is 6.69. The van der Waals surface area contributed by atoms with Crippen molar-refractivity contribution in [2.75, 3.05) is 33.2 Å². The highest BCUT2D eigenvalue weighted by Crippen LogP contribution is 2.50. The second kappa shape index (κ2) is 13.3. The second-order valence-corrected chi connectivity index (χ2v) is 12.9. The number of allylic oxidation sites excluding steroid dienone is 3. The molecule has 5 rings (SSSR count). The number of likely N-dealkylation sites (N-methyl/N-ethyl adjacent to an activating group) is 1. The van der Waals surface area contributed by atoms with Gasteiger partial charge in [0.15, 0.2) is 5.72 Å². The van der Waals surface area contributed by atoms with E-state index in [1.54, 1.807) is 53.1 Å². The number of benzene rings is 1. The average Bonchev–Trinajstić information content (AvgIpc) is 2.96. The maximum absolute atomic E-state index is 13.8. The van der Waals surface area contributed by atoms with Crippen LogP contribution in [0.25, 0.3) is 0 Å². The lowest BCUT2D eigenvalue weighted by Gasteiger charge is -2.59. The Hall–Kier alpha value is -3.16. The molecule has 1 aromatic rings. The van der Waals surface area contributed by atoms with Crippen molar-refractivity contribution in [1.29, 1.82) is 0 Å². The lowest BCUT2D eigenvalue weighted by Crippen LogP contribution is -2.72. The number of hydrogen-bond acceptors (Lipinski definition) is 10. The standard InChI is InChI=1S/C32H44ClN3O9/c1-18-10-9-11-23(42-8)32(40)16-25(44-29(39)35-32)31(4)17-30(3,45-31)24(43-28(38)19(2)34-5)15-26(37)36(6)21-13-20(12-18)14-22(41-7)27(21)33/h9-11,13-14,19,23-25,34,40H,12,15-17H2,1-8H3,(H,35,39)/b11-9+,18-10+. The number of ether oxygens (including phenoxy) is 5. The fourth-order valence-corrected chi connectivity index (χ4v) is 6.57. The van der Waals surface area contributed by atoms with Crippen LogP contribution in [0, 0.1) is 0 Å². The van der Waals surface area contributed by atoms with Crippen molar-refractivity contribution in [2.24, 2.45) is 0 Å². The maximum Gasteiger partial charge on any atom is 0.409 e. The van der Waals surface area contributed by atoms with Crippen molar-refractivity contribution >= 4 is 35.3 Å². The number of carbonyl (C=O) groups excluding carboxylic acids is 3. The van der Waals surface area contributed by atoms with Crippen LogP contribution in [0.2, 0.25) is 5.02 Å². The number of aliphatic hydroxyl groups is 1. The number of carbonyl (C=O) groups is 3. The van der Waals surface area contributed by atoms with E-state index in [9.17, 15) is 19.5 Å². The first-order valence-corrected chi connectivity index (χ1v) is 15.2. The zero-order valence-electron chi connectivity index (χ0n) is 27.1. The van der Waals surface area contributed by atoms with E-state index < -0.39 is 53.3 Å². The number of anilines is 1. The molecule has 0 aromatic heterocycles. The fourth-order valence-electron chi connectivity index (χ4n) is 6.26. The monoisotopic (exact) mass is 649 g/mol. The minimum Gasteiger partial charge on any atom is -0.495 e. The Morgan fingerprint density at radius 3 is 2.56 bits per heavy atom. The molecule has 2 saturated heterocycles. The van der Waals surface area contributed by atoms with Crippen LogP contribution in [-0.2, 0) is 35.0 Å². The molecule has 4 aliphatic heterocycles. The number of rotatable bonds is 5. The summed E-state index contributed by atoms with van der Waals surface area (Å²) in [6.07, 6.45) is 2.11. The summed E-state index contributed by atoms with van der Waals surface area (Å²) < 4.78 is 29.1. The molecule has 7 unspecified atom stereocenters. The SMILES string of the molecule is CNC(C)C(=O)OC1CC(=O)N(C)c2cc(cc(OC)c2Cl)C/C(C)=C/C=C/C(OC)C2(O)CC(OC(=O)N2)C2(C)CC1(C)O2. The fraction of sp³-hybridized carbons (Fsp3) is 0.594. The van der Waals surface area contributed by atoms with E-state index in [4.69, 9.17) is 35.3 Å². The van der Waals surface area contributed by atoms with Gasteiger partial charge in [-0.05, 0) is 58.9 Å². The summed E-state index contributed by atoms with van der Waals surface area (Å²) in [5.74, 6) is -0.530. The smallest absolute Gasteiger partial charge is 0.409 e. The molecule has 0 aliphatic carbocycles. The van der Waals surface area contributed by atoms with Crippen LogP contribution in [0.3, 0.4) is 0 Å². The topological polar surface area (TPSA) is 145 Å². The first-order valence-electron chi connectivity index (χ1n) is 14.9. The van der Waals surface area contributed by atoms with Gasteiger partial charge in [-0.1, -0.05) is 35.4 Å². The zero-order valence-corrected chi connectivity index (χ0v) is 27.8. The maximum atomic E-state index is 13.8. The van der Waals surface area contributed by atoms with Crippen molar-refractivity contribution in [3.8, 4) is 5.75 Å². The minimum absolute atomic E-state index is 0.0517. The van der Waals surface area contributed by atoms with Crippen molar-refractivity contribution in [3.05, 3.63) is 46.5 Å². The molecule has 12 nitrogen and oxygen atoms in total. The molecule has 0 saturated carbocycles. The van der Waals surface area contributed by atoms with Crippen LogP contribution >= 0.6 is 11.6 Å². The van der Waals surface area contributed by atoms with E-state index in [1.165, 1.54) is 19.1 Å². The van der Waals surface area contributed by atoms with Gasteiger partial charge in [0, 0.05) is 27.0 Å². The van der Waals surface area contributed by atoms with Crippen LogP contribution in [0.5, 0.6) is 5.75 Å². The highest BCUT2D eigenvalue weighted by Gasteiger charge is 2.63. The summed E-state index contributed by atoms with van der Waals surface area (Å²) in [7, 11) is 6.17. The van der Waals surface area contributed by atoms with Gasteiger partial charge in [0.1, 0.15) is 46.3 Å². The predicted molar refractivity (Wildman–Crippen MR) is 167 cm³/mol. The third-order valence-corrected chi connectivity index (χ3v) is 9.29. The van der Waals surface area contributed by atoms with Crippen LogP contribution in [-0.4, -0.2) is 92.7 Å². The molecule has 0 spiro atoms. The summed E-state index contributed by atoms with van der Waals surface area (Å²) in [6, 6.07) is 2.98. The lowest BCUT2D eigenvalue weighted by molar-refractivity contribution is -0.328. The Kier molecular flexibility index (Phi) is 10.3. The molecular weight excluding hydrogens is 606 g/mol. The van der Waals surface area contributed by atoms with Gasteiger partial charge in [-0.2, -0.15) is 0 Å². The van der Waals surface area contributed by atoms with Gasteiger partial charge in [0.25, 0.3) is 0 Å². The Balaban J connectivity index is 1.80. The number of nitrogens with zero attached hydrogens (tertiary/aromatic N) is 1. The van der Waals surface area contributed by atoms with E-state index in [0.29, 0.717) is 17.9 Å². The van der Waals surface area contributed by atoms with Gasteiger partial charge in [-0.15, -0.1) is 0 Å². The second-order valence-electron chi connectivity index (χ2n) is 12.5. The molecular formula is C32H44ClN3O9. The predicted octanol–water partition coefficient (Wildman–Crippen LogP) is 3.42. The zero-order chi connectivity index (χ0) is 33.3. The number of nitrogens with one attached hydrogen (secondary N) is 2. The normalized spacial score (nSPS) is 34.8. The van der Waals surface area contributed by atoms with Crippen LogP contribution in [0.15, 0.2) is 35.9 Å². The Bertz CT molecular complexity index is 1380. The van der Waals surface area contributed by atoms with Gasteiger partial charge in [0.05, 0.1) is 19.2 Å². The molecule has 7 atom stereocenters. The number of alkyl carbamates (subject to hydrolysis) is 1. The van der Waals surface area contributed by atoms with Gasteiger partial charge in [-0.25, -0.2) is 4.79 Å². The van der Waals surface area contributed by atoms with Gasteiger partial charge >= 0.3 is 12.1 Å². The van der Waals surface area contributed by atoms with E-state index in [2.05, 4.69) is 10.6 Å². The number of hydrogen-bond donors (Lipinski definition) is 3. The Labute approximate surface area is 269 Å². The van der Waals surface area contributed by atoms with E-state index in [0.717, 1.165) is 11.1 Å². The number of halogens is 1. The van der Waals surface area contributed by atoms with Crippen molar-refractivity contribution in [1.82, 2.24) is 10.6 Å². The van der Waals surface area contributed by atoms with E-state index in [-0.39, 0.29) is 30.2 Å². The average molecular weight is 650 g/mol. The molecule has 3 N–H and O–H groups in total. The quantitative estimate of drug-likeness (QED) is 0.406. The number of esters is 1. The van der Waals surface area contributed by atoms with Gasteiger partial charge in [-0.3, -0.25) is 14.9 Å². The van der Waals surface area contributed by atoms with Crippen molar-refractivity contribution in [2.45, 2.75) is 94.7 Å². The van der Waals surface area contributed by atoms with E-state index >= 15 is 0 Å². The number of methoxy groups -OCH3 is 2. The lowest BCUT2D eigenvalue weighted by atomic mass is 9.72. The number of amides is 2. The molecule has 6 bridgehead atoms. The highest BCUT2D eigenvalue weighted by atomic mass is 35.5. The molecule has 4 heterocycles. The Morgan fingerprint density at radius 1 is 1.24 bits per heavy atom. The number of fused-ring (bicyclic) bond motifs is 6. The third-order valence-electron chi connectivity index (χ3n) is 8.91. The van der Waals surface area contributed by atoms with Crippen LogP contribution in [0.1, 0.15) is 52.5 Å². The first kappa shape index (κ1) is 34.7. The summed E-state index contributed by atoms with van der Waals surface area (Å²) in [4.78, 5) is 41.0. The van der Waals surface area contributed by atoms with Gasteiger partial charge < -0.3 is 39.0 Å². The molecule has 2 fully saturated rings. The van der Waals surface area contributed by atoms with Crippen LogP contribution in [0.4, 0.5) is 10.5 Å². The highest BCUT2D eigenvalue weighted by molar-refractivity contribution is 6.35. The van der Waals surface area contributed by atoms with Crippen molar-refractivity contribution in [3.63, 3.8) is 0 Å². The summed E-state index contributed by atoms with van der Waals surface area (Å²) in [6.45, 7) is 7.08. The third kappa shape index (κ3) is 7.15. The molecule has 45 heavy (non-hydrogen) atoms. The Morgan fingerprint density at radius 2 is 1.93 bits per heavy atom. The summed E-state index contributed by atoms with van der Waals surface area (Å²) in [5.41, 5.74) is -1.78. The molecule has 1 aromatic carbocycles. The van der Waals surface area contributed by atoms with Crippen LogP contribution < -0.4 is 20.3 Å². The van der Waals surface area contributed by atoms with Gasteiger partial charge in [0.2, 0.25) is 5.91 Å². The summed E-state index contributed by atoms with van der Waals surface area (Å²) in [5, 5.41) is 17.2. The molecule has 2 amide bonds. The van der Waals surface area contributed by atoms with Crippen molar-refractivity contribution < 1.29 is 43.2 Å². The molecule has 0 radical (unpaired) electrons. The largest absolute Gasteiger partial charge is 0.495 e. The van der Waals surface area contributed by atoms with E-state index in [1.807, 2.05) is 19.1 Å². The minimum atomic E-state index is -1.81. The molecule has 248 valence electrons. The molecule has 13 heteroatoms.